The molecule has 7 heteroatoms. The van der Waals surface area contributed by atoms with Crippen molar-refractivity contribution in [2.45, 2.75) is 70.9 Å². The van der Waals surface area contributed by atoms with Gasteiger partial charge in [0.2, 0.25) is 5.91 Å². The van der Waals surface area contributed by atoms with Crippen molar-refractivity contribution in [3.63, 3.8) is 0 Å². The number of ether oxygens (including phenoxy) is 2. The van der Waals surface area contributed by atoms with Gasteiger partial charge in [-0.3, -0.25) is 9.59 Å². The van der Waals surface area contributed by atoms with Crippen molar-refractivity contribution in [1.29, 1.82) is 0 Å². The van der Waals surface area contributed by atoms with Crippen LogP contribution < -0.4 is 24.6 Å². The zero-order valence-corrected chi connectivity index (χ0v) is 25.1. The molecule has 0 aliphatic carbocycles. The van der Waals surface area contributed by atoms with E-state index in [0.29, 0.717) is 24.3 Å². The summed E-state index contributed by atoms with van der Waals surface area (Å²) in [6.45, 7) is 6.53. The van der Waals surface area contributed by atoms with Crippen LogP contribution in [-0.2, 0) is 11.2 Å². The molecule has 0 fully saturated rings. The van der Waals surface area contributed by atoms with Crippen molar-refractivity contribution >= 4 is 23.2 Å². The first-order valence-electron chi connectivity index (χ1n) is 15.4. The van der Waals surface area contributed by atoms with Crippen LogP contribution in [-0.4, -0.2) is 44.7 Å². The lowest BCUT2D eigenvalue weighted by Crippen LogP contribution is -2.47. The number of nitrogens with zero attached hydrogens (tertiary/aromatic N) is 2. The van der Waals surface area contributed by atoms with E-state index in [0.717, 1.165) is 63.1 Å². The molecule has 222 valence electrons. The van der Waals surface area contributed by atoms with Crippen LogP contribution in [0.15, 0.2) is 66.7 Å². The van der Waals surface area contributed by atoms with Gasteiger partial charge in [-0.25, -0.2) is 0 Å². The Morgan fingerprint density at radius 3 is 2.67 bits per heavy atom. The van der Waals surface area contributed by atoms with Gasteiger partial charge in [-0.2, -0.15) is 0 Å². The van der Waals surface area contributed by atoms with E-state index in [2.05, 4.69) is 60.5 Å². The lowest BCUT2D eigenvalue weighted by Gasteiger charge is -2.46. The van der Waals surface area contributed by atoms with Gasteiger partial charge in [0.25, 0.3) is 5.91 Å². The van der Waals surface area contributed by atoms with Gasteiger partial charge >= 0.3 is 0 Å². The van der Waals surface area contributed by atoms with Gasteiger partial charge < -0.3 is 24.6 Å². The molecule has 2 unspecified atom stereocenters. The van der Waals surface area contributed by atoms with Gasteiger partial charge in [-0.1, -0.05) is 31.2 Å². The molecular formula is C35H43N3O4. The van der Waals surface area contributed by atoms with Crippen molar-refractivity contribution in [2.75, 3.05) is 36.6 Å². The summed E-state index contributed by atoms with van der Waals surface area (Å²) in [4.78, 5) is 30.1. The fraction of sp³-hybridized carbons (Fsp3) is 0.429. The molecule has 2 aliphatic rings. The second-order valence-corrected chi connectivity index (χ2v) is 11.3. The van der Waals surface area contributed by atoms with Gasteiger partial charge in [0.1, 0.15) is 11.5 Å². The quantitative estimate of drug-likeness (QED) is 0.260. The zero-order valence-electron chi connectivity index (χ0n) is 25.1. The third-order valence-corrected chi connectivity index (χ3v) is 8.32. The number of carbonyl (C=O) groups is 2. The fourth-order valence-electron chi connectivity index (χ4n) is 6.23. The number of anilines is 2. The maximum Gasteiger partial charge on any atom is 0.258 e. The van der Waals surface area contributed by atoms with Gasteiger partial charge in [0, 0.05) is 42.5 Å². The number of aryl methyl sites for hydroxylation is 1. The average Bonchev–Trinajstić information content (AvgIpc) is 3.02. The van der Waals surface area contributed by atoms with E-state index in [1.807, 2.05) is 35.2 Å². The van der Waals surface area contributed by atoms with Crippen molar-refractivity contribution in [3.8, 4) is 11.5 Å². The second-order valence-electron chi connectivity index (χ2n) is 11.3. The monoisotopic (exact) mass is 569 g/mol. The van der Waals surface area contributed by atoms with Crippen LogP contribution in [0.5, 0.6) is 11.5 Å². The van der Waals surface area contributed by atoms with Gasteiger partial charge in [0.15, 0.2) is 0 Å². The summed E-state index contributed by atoms with van der Waals surface area (Å²) >= 11 is 0. The van der Waals surface area contributed by atoms with Gasteiger partial charge in [-0.15, -0.1) is 0 Å². The topological polar surface area (TPSA) is 71.1 Å². The summed E-state index contributed by atoms with van der Waals surface area (Å²) in [5, 5.41) is 2.93. The van der Waals surface area contributed by atoms with E-state index in [-0.39, 0.29) is 23.9 Å². The van der Waals surface area contributed by atoms with Crippen LogP contribution in [0.3, 0.4) is 0 Å². The standard InChI is InChI=1S/C35H43N3O4/c1-4-19-36-34(39)16-7-8-21-42-29-17-18-31-26(23-29)12-10-20-37(31)33-22-25(2)38(32-15-6-5-14-30(32)33)35(40)27-11-9-13-28(24-27)41-3/h5-6,9,11,13-15,17-18,23-25,33H,4,7-8,10,12,16,19-22H2,1-3H3,(H,36,39). The molecule has 3 aromatic carbocycles. The fourth-order valence-corrected chi connectivity index (χ4v) is 6.23. The largest absolute Gasteiger partial charge is 0.497 e. The first kappa shape index (κ1) is 29.5. The Bertz CT molecular complexity index is 1390. The number of hydrogen-bond donors (Lipinski definition) is 1. The van der Waals surface area contributed by atoms with E-state index in [9.17, 15) is 9.59 Å². The maximum atomic E-state index is 13.8. The van der Waals surface area contributed by atoms with Crippen LogP contribution in [0.25, 0.3) is 0 Å². The van der Waals surface area contributed by atoms with Gasteiger partial charge in [0.05, 0.1) is 19.8 Å². The smallest absolute Gasteiger partial charge is 0.258 e. The van der Waals surface area contributed by atoms with E-state index < -0.39 is 0 Å². The zero-order chi connectivity index (χ0) is 29.5. The summed E-state index contributed by atoms with van der Waals surface area (Å²) in [6.07, 6.45) is 6.12. The third-order valence-electron chi connectivity index (χ3n) is 8.32. The molecule has 2 aliphatic heterocycles. The average molecular weight is 570 g/mol. The second kappa shape index (κ2) is 13.8. The first-order valence-corrected chi connectivity index (χ1v) is 15.4. The highest BCUT2D eigenvalue weighted by Crippen LogP contribution is 2.45. The van der Waals surface area contributed by atoms with E-state index in [4.69, 9.17) is 9.47 Å². The lowest BCUT2D eigenvalue weighted by molar-refractivity contribution is -0.121. The van der Waals surface area contributed by atoms with Gasteiger partial charge in [-0.05, 0) is 99.0 Å². The van der Waals surface area contributed by atoms with E-state index >= 15 is 0 Å². The molecule has 0 spiro atoms. The molecule has 5 rings (SSSR count). The SMILES string of the molecule is CCCNC(=O)CCCCOc1ccc2c(c1)CCCN2C1CC(C)N(C(=O)c2cccc(OC)c2)c2ccccc21. The molecule has 7 nitrogen and oxygen atoms in total. The molecule has 1 N–H and O–H groups in total. The van der Waals surface area contributed by atoms with Crippen LogP contribution in [0.4, 0.5) is 11.4 Å². The Morgan fingerprint density at radius 1 is 0.976 bits per heavy atom. The van der Waals surface area contributed by atoms with E-state index in [1.54, 1.807) is 7.11 Å². The van der Waals surface area contributed by atoms with Crippen molar-refractivity contribution in [3.05, 3.63) is 83.4 Å². The molecule has 2 atom stereocenters. The molecular weight excluding hydrogens is 526 g/mol. The van der Waals surface area contributed by atoms with Crippen LogP contribution in [0.2, 0.25) is 0 Å². The molecule has 0 bridgehead atoms. The Balaban J connectivity index is 1.30. The number of hydrogen-bond acceptors (Lipinski definition) is 5. The number of rotatable bonds is 11. The maximum absolute atomic E-state index is 13.8. The Morgan fingerprint density at radius 2 is 1.83 bits per heavy atom. The number of carbonyl (C=O) groups excluding carboxylic acids is 2. The molecule has 2 heterocycles. The summed E-state index contributed by atoms with van der Waals surface area (Å²) < 4.78 is 11.5. The van der Waals surface area contributed by atoms with E-state index in [1.165, 1.54) is 16.8 Å². The Hall–Kier alpha value is -4.00. The number of amides is 2. The number of fused-ring (bicyclic) bond motifs is 2. The lowest BCUT2D eigenvalue weighted by atomic mass is 9.87. The molecule has 0 saturated heterocycles. The molecule has 0 radical (unpaired) electrons. The predicted octanol–water partition coefficient (Wildman–Crippen LogP) is 6.70. The minimum atomic E-state index is -0.00489. The number of benzene rings is 3. The molecule has 42 heavy (non-hydrogen) atoms. The van der Waals surface area contributed by atoms with Crippen molar-refractivity contribution < 1.29 is 19.1 Å². The first-order chi connectivity index (χ1) is 20.5. The Kier molecular flexibility index (Phi) is 9.67. The number of nitrogens with one attached hydrogen (secondary N) is 1. The van der Waals surface area contributed by atoms with Crippen molar-refractivity contribution in [1.82, 2.24) is 5.32 Å². The number of para-hydroxylation sites is 1. The number of unbranched alkanes of at least 4 members (excludes halogenated alkanes) is 1. The summed E-state index contributed by atoms with van der Waals surface area (Å²) in [6, 6.07) is 22.4. The summed E-state index contributed by atoms with van der Waals surface area (Å²) in [5.74, 6) is 1.69. The van der Waals surface area contributed by atoms with Crippen LogP contribution in [0.1, 0.15) is 79.9 Å². The van der Waals surface area contributed by atoms with Crippen LogP contribution >= 0.6 is 0 Å². The summed E-state index contributed by atoms with van der Waals surface area (Å²) in [5.41, 5.74) is 5.34. The summed E-state index contributed by atoms with van der Waals surface area (Å²) in [7, 11) is 1.62. The minimum absolute atomic E-state index is 0.00489. The Labute approximate surface area is 249 Å². The highest BCUT2D eigenvalue weighted by atomic mass is 16.5. The molecule has 2 amide bonds. The number of methoxy groups -OCH3 is 1. The van der Waals surface area contributed by atoms with Crippen LogP contribution in [0, 0.1) is 0 Å². The minimum Gasteiger partial charge on any atom is -0.497 e. The predicted molar refractivity (Wildman–Crippen MR) is 168 cm³/mol. The normalized spacial score (nSPS) is 17.7. The highest BCUT2D eigenvalue weighted by molar-refractivity contribution is 6.07. The third kappa shape index (κ3) is 6.56. The molecule has 3 aromatic rings. The molecule has 0 saturated carbocycles. The molecule has 0 aromatic heterocycles. The van der Waals surface area contributed by atoms with Crippen molar-refractivity contribution in [2.24, 2.45) is 0 Å². The highest BCUT2D eigenvalue weighted by Gasteiger charge is 2.38.